The van der Waals surface area contributed by atoms with Crippen molar-refractivity contribution in [3.05, 3.63) is 48.6 Å². The summed E-state index contributed by atoms with van der Waals surface area (Å²) < 4.78 is 32.6. The number of hydrogen-bond acceptors (Lipinski definition) is 10. The van der Waals surface area contributed by atoms with Crippen molar-refractivity contribution in [2.75, 3.05) is 33.0 Å². The molecule has 0 saturated carbocycles. The van der Waals surface area contributed by atoms with E-state index in [0.717, 1.165) is 70.1 Å². The van der Waals surface area contributed by atoms with Crippen molar-refractivity contribution in [1.29, 1.82) is 0 Å². The first kappa shape index (κ1) is 52.9. The number of carbonyl (C=O) groups excluding carboxylic acids is 2. The molecule has 0 amide bonds. The Morgan fingerprint density at radius 3 is 1.60 bits per heavy atom. The molecule has 0 heterocycles. The normalized spacial score (nSPS) is 14.5. The number of esters is 2. The lowest BCUT2D eigenvalue weighted by atomic mass is 10.0. The topological polar surface area (TPSA) is 169 Å². The molecule has 0 aliphatic rings. The highest BCUT2D eigenvalue weighted by Gasteiger charge is 2.27. The zero-order valence-corrected chi connectivity index (χ0v) is 35.1. The number of hydrogen-bond donors (Lipinski definition) is 4. The van der Waals surface area contributed by atoms with Crippen LogP contribution in [0.2, 0.25) is 0 Å². The Labute approximate surface area is 333 Å². The van der Waals surface area contributed by atoms with Crippen LogP contribution in [-0.4, -0.2) is 77.4 Å². The lowest BCUT2D eigenvalue weighted by Crippen LogP contribution is -2.29. The maximum atomic E-state index is 12.6. The summed E-state index contributed by atoms with van der Waals surface area (Å²) in [5.41, 5.74) is 0. The standard InChI is InChI=1S/C43H77O11P/c1-39(2)31-27-23-19-15-11-10-13-16-20-24-28-32-42(47)51-37-41(38-53-55(49,50)52-36-40(46)35-45)54-43(48)33-29-25-21-17-12-8-6-4-3-5-7-9-14-18-22-26-30-34-44/h3,5-6,8-9,14,17,21,39-41,44-46H,4,7,10-13,15-16,18-20,22-38H2,1-2H3,(H,49,50)/b5-3-,8-6-,14-9-,21-17-/t40-,41+/m0/s1. The van der Waals surface area contributed by atoms with Gasteiger partial charge in [-0.15, -0.1) is 0 Å². The lowest BCUT2D eigenvalue weighted by Gasteiger charge is -2.20. The number of carbonyl (C=O) groups is 2. The predicted octanol–water partition coefficient (Wildman–Crippen LogP) is 9.77. The summed E-state index contributed by atoms with van der Waals surface area (Å²) in [7, 11) is -4.64. The van der Waals surface area contributed by atoms with Crippen LogP contribution >= 0.6 is 7.82 Å². The number of phosphoric ester groups is 1. The van der Waals surface area contributed by atoms with Gasteiger partial charge in [0.05, 0.1) is 19.8 Å². The van der Waals surface area contributed by atoms with Crippen molar-refractivity contribution in [3.8, 4) is 0 Å². The number of aliphatic hydroxyl groups is 3. The smallest absolute Gasteiger partial charge is 0.462 e. The van der Waals surface area contributed by atoms with E-state index in [0.29, 0.717) is 19.3 Å². The fraction of sp³-hybridized carbons (Fsp3) is 0.767. The molecular formula is C43H77O11P. The third kappa shape index (κ3) is 39.9. The molecule has 11 nitrogen and oxygen atoms in total. The largest absolute Gasteiger partial charge is 0.472 e. The summed E-state index contributed by atoms with van der Waals surface area (Å²) >= 11 is 0. The molecule has 4 N–H and O–H groups in total. The van der Waals surface area contributed by atoms with Gasteiger partial charge in [0.15, 0.2) is 6.10 Å². The highest BCUT2D eigenvalue weighted by atomic mass is 31.2. The molecule has 55 heavy (non-hydrogen) atoms. The van der Waals surface area contributed by atoms with Crippen LogP contribution in [0.3, 0.4) is 0 Å². The molecule has 3 atom stereocenters. The molecule has 0 aliphatic carbocycles. The quantitative estimate of drug-likeness (QED) is 0.0202. The van der Waals surface area contributed by atoms with E-state index in [-0.39, 0.29) is 26.1 Å². The molecule has 12 heteroatoms. The molecule has 0 spiro atoms. The van der Waals surface area contributed by atoms with Gasteiger partial charge in [-0.05, 0) is 63.7 Å². The summed E-state index contributed by atoms with van der Waals surface area (Å²) in [6.07, 6.45) is 36.8. The minimum Gasteiger partial charge on any atom is -0.462 e. The molecule has 0 bridgehead atoms. The molecule has 0 rings (SSSR count). The highest BCUT2D eigenvalue weighted by Crippen LogP contribution is 2.43. The summed E-state index contributed by atoms with van der Waals surface area (Å²) in [6.45, 7) is 2.62. The predicted molar refractivity (Wildman–Crippen MR) is 220 cm³/mol. The Hall–Kier alpha value is -2.11. The van der Waals surface area contributed by atoms with Gasteiger partial charge < -0.3 is 29.7 Å². The number of rotatable bonds is 39. The zero-order valence-electron chi connectivity index (χ0n) is 34.2. The second kappa shape index (κ2) is 38.7. The van der Waals surface area contributed by atoms with Gasteiger partial charge in [-0.3, -0.25) is 18.6 Å². The second-order valence-corrected chi connectivity index (χ2v) is 16.0. The Bertz CT molecular complexity index is 1070. The summed E-state index contributed by atoms with van der Waals surface area (Å²) in [6, 6.07) is 0. The molecule has 0 radical (unpaired) electrons. The maximum Gasteiger partial charge on any atom is 0.472 e. The van der Waals surface area contributed by atoms with Crippen LogP contribution in [0.1, 0.15) is 162 Å². The molecule has 0 aromatic carbocycles. The van der Waals surface area contributed by atoms with Crippen LogP contribution in [0.5, 0.6) is 0 Å². The second-order valence-electron chi connectivity index (χ2n) is 14.6. The molecule has 0 saturated heterocycles. The van der Waals surface area contributed by atoms with E-state index < -0.39 is 51.8 Å². The van der Waals surface area contributed by atoms with E-state index in [1.807, 2.05) is 12.2 Å². The molecule has 0 fully saturated rings. The van der Waals surface area contributed by atoms with Crippen molar-refractivity contribution < 1.29 is 52.9 Å². The molecular weight excluding hydrogens is 723 g/mol. The van der Waals surface area contributed by atoms with Crippen molar-refractivity contribution in [1.82, 2.24) is 0 Å². The lowest BCUT2D eigenvalue weighted by molar-refractivity contribution is -0.161. The average Bonchev–Trinajstić information content (AvgIpc) is 3.16. The first-order valence-corrected chi connectivity index (χ1v) is 22.6. The van der Waals surface area contributed by atoms with Crippen molar-refractivity contribution in [3.63, 3.8) is 0 Å². The Balaban J connectivity index is 4.41. The molecule has 320 valence electrons. The summed E-state index contributed by atoms with van der Waals surface area (Å²) in [5.74, 6) is -0.211. The van der Waals surface area contributed by atoms with Gasteiger partial charge in [0.1, 0.15) is 12.7 Å². The first-order valence-electron chi connectivity index (χ1n) is 21.1. The van der Waals surface area contributed by atoms with Crippen LogP contribution in [0.15, 0.2) is 48.6 Å². The van der Waals surface area contributed by atoms with Crippen LogP contribution in [0.25, 0.3) is 0 Å². The molecule has 0 aromatic heterocycles. The number of unbranched alkanes of at least 4 members (excludes halogenated alkanes) is 14. The third-order valence-electron chi connectivity index (χ3n) is 8.72. The van der Waals surface area contributed by atoms with Crippen LogP contribution < -0.4 is 0 Å². The summed E-state index contributed by atoms with van der Waals surface area (Å²) in [5, 5.41) is 27.1. The Kier molecular flexibility index (Phi) is 37.3. The van der Waals surface area contributed by atoms with Gasteiger partial charge in [-0.25, -0.2) is 4.57 Å². The van der Waals surface area contributed by atoms with Crippen LogP contribution in [0.4, 0.5) is 0 Å². The van der Waals surface area contributed by atoms with Gasteiger partial charge in [-0.2, -0.15) is 0 Å². The van der Waals surface area contributed by atoms with Gasteiger partial charge >= 0.3 is 19.8 Å². The average molecular weight is 801 g/mol. The van der Waals surface area contributed by atoms with E-state index in [1.54, 1.807) is 0 Å². The van der Waals surface area contributed by atoms with Gasteiger partial charge in [-0.1, -0.05) is 140 Å². The van der Waals surface area contributed by atoms with Crippen molar-refractivity contribution >= 4 is 19.8 Å². The van der Waals surface area contributed by atoms with E-state index in [4.69, 9.17) is 24.2 Å². The minimum absolute atomic E-state index is 0.0980. The van der Waals surface area contributed by atoms with E-state index in [2.05, 4.69) is 54.8 Å². The summed E-state index contributed by atoms with van der Waals surface area (Å²) in [4.78, 5) is 34.9. The molecule has 0 aliphatic heterocycles. The van der Waals surface area contributed by atoms with E-state index in [9.17, 15) is 24.2 Å². The monoisotopic (exact) mass is 801 g/mol. The first-order chi connectivity index (χ1) is 26.6. The van der Waals surface area contributed by atoms with E-state index in [1.165, 1.54) is 51.4 Å². The highest BCUT2D eigenvalue weighted by molar-refractivity contribution is 7.47. The Morgan fingerprint density at radius 1 is 0.582 bits per heavy atom. The van der Waals surface area contributed by atoms with Crippen molar-refractivity contribution in [2.45, 2.75) is 174 Å². The molecule has 0 aromatic rings. The molecule has 1 unspecified atom stereocenters. The Morgan fingerprint density at radius 2 is 1.05 bits per heavy atom. The number of allylic oxidation sites excluding steroid dienone is 8. The van der Waals surface area contributed by atoms with Gasteiger partial charge in [0.2, 0.25) is 0 Å². The van der Waals surface area contributed by atoms with E-state index >= 15 is 0 Å². The van der Waals surface area contributed by atoms with Crippen LogP contribution in [-0.2, 0) is 32.7 Å². The fourth-order valence-corrected chi connectivity index (χ4v) is 6.23. The third-order valence-corrected chi connectivity index (χ3v) is 9.67. The number of phosphoric acid groups is 1. The van der Waals surface area contributed by atoms with Crippen LogP contribution in [0, 0.1) is 5.92 Å². The van der Waals surface area contributed by atoms with Gasteiger partial charge in [0.25, 0.3) is 0 Å². The maximum absolute atomic E-state index is 12.6. The number of ether oxygens (including phenoxy) is 2. The van der Waals surface area contributed by atoms with Gasteiger partial charge in [0, 0.05) is 19.4 Å². The zero-order chi connectivity index (χ0) is 40.7. The fourth-order valence-electron chi connectivity index (χ4n) is 5.44. The minimum atomic E-state index is -4.64. The number of aliphatic hydroxyl groups excluding tert-OH is 3. The van der Waals surface area contributed by atoms with Crippen molar-refractivity contribution in [2.24, 2.45) is 5.92 Å². The SMILES string of the molecule is CC(C)CCCCCCCCCCCCCC(=O)OC[C@H](COP(=O)(O)OC[C@@H](O)CO)OC(=O)CCC/C=C\C/C=C\C/C=C\C/C=C\CCCCCO.